The van der Waals surface area contributed by atoms with Crippen LogP contribution < -0.4 is 5.32 Å². The number of hydrogen-bond acceptors (Lipinski definition) is 2. The highest BCUT2D eigenvalue weighted by atomic mass is 16.3. The van der Waals surface area contributed by atoms with Gasteiger partial charge in [0.25, 0.3) is 0 Å². The molecule has 1 aromatic heterocycles. The minimum atomic E-state index is 0.0371. The molecule has 94 valence electrons. The normalized spacial score (nSPS) is 24.2. The third kappa shape index (κ3) is 1.85. The lowest BCUT2D eigenvalue weighted by Gasteiger charge is -2.28. The number of aliphatic hydroxyl groups is 1. The van der Waals surface area contributed by atoms with E-state index < -0.39 is 0 Å². The van der Waals surface area contributed by atoms with Gasteiger partial charge in [-0.05, 0) is 22.9 Å². The van der Waals surface area contributed by atoms with Crippen LogP contribution >= 0.6 is 0 Å². The van der Waals surface area contributed by atoms with Gasteiger partial charge in [-0.1, -0.05) is 31.2 Å². The number of rotatable bonds is 2. The van der Waals surface area contributed by atoms with Crippen LogP contribution in [0.5, 0.6) is 0 Å². The molecule has 0 aliphatic carbocycles. The molecule has 2 unspecified atom stereocenters. The van der Waals surface area contributed by atoms with Crippen molar-refractivity contribution in [1.29, 1.82) is 0 Å². The van der Waals surface area contributed by atoms with Gasteiger partial charge < -0.3 is 15.4 Å². The van der Waals surface area contributed by atoms with Crippen LogP contribution in [-0.2, 0) is 0 Å². The third-order valence-electron chi connectivity index (χ3n) is 3.61. The Morgan fingerprint density at radius 3 is 3.06 bits per heavy atom. The molecule has 0 spiro atoms. The summed E-state index contributed by atoms with van der Waals surface area (Å²) in [7, 11) is 0. The summed E-state index contributed by atoms with van der Waals surface area (Å²) in [5.41, 5.74) is 3.54. The first-order valence-corrected chi connectivity index (χ1v) is 6.42. The first kappa shape index (κ1) is 11.5. The van der Waals surface area contributed by atoms with Crippen LogP contribution in [-0.4, -0.2) is 29.3 Å². The second kappa shape index (κ2) is 4.59. The summed E-state index contributed by atoms with van der Waals surface area (Å²) in [4.78, 5) is 3.29. The van der Waals surface area contributed by atoms with E-state index in [2.05, 4.69) is 47.6 Å². The van der Waals surface area contributed by atoms with E-state index in [1.807, 2.05) is 6.20 Å². The number of nitrogens with one attached hydrogen (secondary N) is 2. The van der Waals surface area contributed by atoms with E-state index >= 15 is 0 Å². The van der Waals surface area contributed by atoms with Gasteiger partial charge in [0, 0.05) is 18.3 Å². The summed E-state index contributed by atoms with van der Waals surface area (Å²) < 4.78 is 0. The lowest BCUT2D eigenvalue weighted by Crippen LogP contribution is -2.39. The van der Waals surface area contributed by atoms with Gasteiger partial charge in [0.15, 0.2) is 0 Å². The highest BCUT2D eigenvalue weighted by Gasteiger charge is 2.22. The van der Waals surface area contributed by atoms with Crippen molar-refractivity contribution in [2.45, 2.75) is 13.0 Å². The predicted molar refractivity (Wildman–Crippen MR) is 74.3 cm³/mol. The summed E-state index contributed by atoms with van der Waals surface area (Å²) in [6.07, 6.45) is 4.23. The average molecular weight is 242 g/mol. The molecular weight excluding hydrogens is 224 g/mol. The van der Waals surface area contributed by atoms with Crippen LogP contribution in [0.3, 0.4) is 0 Å². The van der Waals surface area contributed by atoms with Crippen molar-refractivity contribution >= 4 is 16.5 Å². The van der Waals surface area contributed by atoms with Gasteiger partial charge in [-0.2, -0.15) is 0 Å². The van der Waals surface area contributed by atoms with Crippen molar-refractivity contribution < 1.29 is 5.11 Å². The zero-order chi connectivity index (χ0) is 12.5. The summed E-state index contributed by atoms with van der Waals surface area (Å²) in [6, 6.07) is 8.40. The van der Waals surface area contributed by atoms with E-state index in [1.165, 1.54) is 16.5 Å². The quantitative estimate of drug-likeness (QED) is 0.755. The van der Waals surface area contributed by atoms with E-state index in [0.717, 1.165) is 12.1 Å². The smallest absolute Gasteiger partial charge is 0.0626 e. The lowest BCUT2D eigenvalue weighted by molar-refractivity contribution is 0.262. The Morgan fingerprint density at radius 1 is 1.33 bits per heavy atom. The van der Waals surface area contributed by atoms with Gasteiger partial charge in [-0.15, -0.1) is 0 Å². The molecule has 3 N–H and O–H groups in total. The number of hydrogen-bond donors (Lipinski definition) is 3. The third-order valence-corrected chi connectivity index (χ3v) is 3.61. The molecule has 0 saturated carbocycles. The maximum absolute atomic E-state index is 9.52. The van der Waals surface area contributed by atoms with E-state index in [1.54, 1.807) is 0 Å². The van der Waals surface area contributed by atoms with Crippen LogP contribution in [0.25, 0.3) is 16.5 Å². The van der Waals surface area contributed by atoms with E-state index in [0.29, 0.717) is 5.92 Å². The largest absolute Gasteiger partial charge is 0.394 e. The molecular formula is C15H18N2O. The van der Waals surface area contributed by atoms with E-state index in [9.17, 15) is 5.11 Å². The molecule has 3 heteroatoms. The molecule has 1 aliphatic heterocycles. The van der Waals surface area contributed by atoms with Crippen LogP contribution in [0.4, 0.5) is 0 Å². The fourth-order valence-electron chi connectivity index (χ4n) is 2.69. The van der Waals surface area contributed by atoms with Gasteiger partial charge in [-0.3, -0.25) is 0 Å². The maximum atomic E-state index is 9.52. The Labute approximate surface area is 107 Å². The minimum Gasteiger partial charge on any atom is -0.394 e. The molecule has 18 heavy (non-hydrogen) atoms. The summed E-state index contributed by atoms with van der Waals surface area (Å²) >= 11 is 0. The van der Waals surface area contributed by atoms with Crippen LogP contribution in [0.1, 0.15) is 12.5 Å². The molecule has 2 aromatic rings. The molecule has 0 fully saturated rings. The van der Waals surface area contributed by atoms with Crippen LogP contribution in [0.2, 0.25) is 0 Å². The fraction of sp³-hybridized carbons (Fsp3) is 0.333. The summed E-state index contributed by atoms with van der Waals surface area (Å²) in [5.74, 6) is 0.494. The Hall–Kier alpha value is -1.58. The fourth-order valence-corrected chi connectivity index (χ4v) is 2.69. The Kier molecular flexibility index (Phi) is 2.94. The number of aliphatic hydroxyl groups excluding tert-OH is 1. The maximum Gasteiger partial charge on any atom is 0.0626 e. The van der Waals surface area contributed by atoms with Gasteiger partial charge in [0.05, 0.1) is 18.2 Å². The highest BCUT2D eigenvalue weighted by molar-refractivity contribution is 5.92. The Bertz CT molecular complexity index is 585. The van der Waals surface area contributed by atoms with E-state index in [4.69, 9.17) is 0 Å². The Morgan fingerprint density at radius 2 is 2.22 bits per heavy atom. The topological polar surface area (TPSA) is 48.0 Å². The van der Waals surface area contributed by atoms with Crippen molar-refractivity contribution in [2.24, 2.45) is 5.92 Å². The van der Waals surface area contributed by atoms with Gasteiger partial charge >= 0.3 is 0 Å². The highest BCUT2D eigenvalue weighted by Crippen LogP contribution is 2.29. The van der Waals surface area contributed by atoms with Gasteiger partial charge in [-0.25, -0.2) is 0 Å². The molecule has 0 amide bonds. The SMILES string of the molecule is CC1C=C(c2cccc3cc[nH]c23)C(CO)NC1. The number of aromatic nitrogens is 1. The second-order valence-corrected chi connectivity index (χ2v) is 4.99. The van der Waals surface area contributed by atoms with Gasteiger partial charge in [0.1, 0.15) is 0 Å². The summed E-state index contributed by atoms with van der Waals surface area (Å²) in [5, 5.41) is 14.1. The summed E-state index contributed by atoms with van der Waals surface area (Å²) in [6.45, 7) is 3.25. The molecule has 1 aliphatic rings. The molecule has 0 saturated heterocycles. The monoisotopic (exact) mass is 242 g/mol. The van der Waals surface area contributed by atoms with Crippen molar-refractivity contribution in [3.05, 3.63) is 42.1 Å². The van der Waals surface area contributed by atoms with Crippen molar-refractivity contribution in [3.8, 4) is 0 Å². The predicted octanol–water partition coefficient (Wildman–Crippen LogP) is 2.15. The van der Waals surface area contributed by atoms with E-state index in [-0.39, 0.29) is 12.6 Å². The molecule has 0 radical (unpaired) electrons. The zero-order valence-corrected chi connectivity index (χ0v) is 10.5. The molecule has 3 nitrogen and oxygen atoms in total. The van der Waals surface area contributed by atoms with Crippen molar-refractivity contribution in [1.82, 2.24) is 10.3 Å². The van der Waals surface area contributed by atoms with Crippen LogP contribution in [0, 0.1) is 5.92 Å². The zero-order valence-electron chi connectivity index (χ0n) is 10.5. The molecule has 3 rings (SSSR count). The molecule has 0 bridgehead atoms. The standard InChI is InChI=1S/C15H18N2O/c1-10-7-13(14(9-18)17-8-10)12-4-2-3-11-5-6-16-15(11)12/h2-7,10,14,16-18H,8-9H2,1H3. The number of para-hydroxylation sites is 1. The van der Waals surface area contributed by atoms with Crippen molar-refractivity contribution in [3.63, 3.8) is 0 Å². The number of H-pyrrole nitrogens is 1. The first-order valence-electron chi connectivity index (χ1n) is 6.42. The second-order valence-electron chi connectivity index (χ2n) is 4.99. The first-order chi connectivity index (χ1) is 8.79. The van der Waals surface area contributed by atoms with Crippen LogP contribution in [0.15, 0.2) is 36.5 Å². The molecule has 2 heterocycles. The lowest BCUT2D eigenvalue weighted by atomic mass is 9.90. The number of fused-ring (bicyclic) bond motifs is 1. The molecule has 1 aromatic carbocycles. The number of benzene rings is 1. The Balaban J connectivity index is 2.14. The molecule has 2 atom stereocenters. The van der Waals surface area contributed by atoms with Gasteiger partial charge in [0.2, 0.25) is 0 Å². The average Bonchev–Trinajstić information content (AvgIpc) is 2.86. The number of aromatic amines is 1. The van der Waals surface area contributed by atoms with Crippen molar-refractivity contribution in [2.75, 3.05) is 13.2 Å². The minimum absolute atomic E-state index is 0.0371.